The minimum atomic E-state index is -0.455. The van der Waals surface area contributed by atoms with Crippen LogP contribution in [-0.2, 0) is 4.79 Å². The van der Waals surface area contributed by atoms with E-state index >= 15 is 0 Å². The SMILES string of the molecule is CNC(=O)CN1c2ccccc2C(=O)N(C)[C@@H]1c1ccc(C)o1. The van der Waals surface area contributed by atoms with E-state index in [0.717, 1.165) is 11.4 Å². The van der Waals surface area contributed by atoms with Gasteiger partial charge in [0.2, 0.25) is 5.91 Å². The summed E-state index contributed by atoms with van der Waals surface area (Å²) in [6.45, 7) is 1.99. The van der Waals surface area contributed by atoms with Crippen molar-refractivity contribution >= 4 is 17.5 Å². The minimum Gasteiger partial charge on any atom is -0.462 e. The van der Waals surface area contributed by atoms with Gasteiger partial charge in [0.15, 0.2) is 6.17 Å². The standard InChI is InChI=1S/C17H19N3O3/c1-11-8-9-14(23-11)16-19(3)17(22)12-6-4-5-7-13(12)20(16)10-15(21)18-2/h4-9,16H,10H2,1-3H3,(H,18,21)/t16-/m0/s1. The summed E-state index contributed by atoms with van der Waals surface area (Å²) < 4.78 is 5.73. The zero-order valence-corrected chi connectivity index (χ0v) is 13.4. The van der Waals surface area contributed by atoms with Gasteiger partial charge in [0, 0.05) is 14.1 Å². The van der Waals surface area contributed by atoms with Crippen molar-refractivity contribution in [1.29, 1.82) is 0 Å². The van der Waals surface area contributed by atoms with Gasteiger partial charge in [-0.3, -0.25) is 9.59 Å². The summed E-state index contributed by atoms with van der Waals surface area (Å²) >= 11 is 0. The second-order valence-electron chi connectivity index (χ2n) is 5.56. The molecule has 23 heavy (non-hydrogen) atoms. The number of para-hydroxylation sites is 1. The highest BCUT2D eigenvalue weighted by Gasteiger charge is 2.38. The molecule has 0 aliphatic carbocycles. The van der Waals surface area contributed by atoms with E-state index in [1.54, 1.807) is 25.1 Å². The lowest BCUT2D eigenvalue weighted by atomic mass is 10.0. The van der Waals surface area contributed by atoms with Crippen LogP contribution in [0.5, 0.6) is 0 Å². The molecular formula is C17H19N3O3. The molecule has 6 heteroatoms. The molecular weight excluding hydrogens is 294 g/mol. The summed E-state index contributed by atoms with van der Waals surface area (Å²) in [5.74, 6) is 1.18. The molecule has 2 heterocycles. The Labute approximate surface area is 134 Å². The molecule has 0 saturated carbocycles. The Morgan fingerprint density at radius 3 is 2.65 bits per heavy atom. The van der Waals surface area contributed by atoms with Gasteiger partial charge in [0.05, 0.1) is 17.8 Å². The molecule has 1 N–H and O–H groups in total. The van der Waals surface area contributed by atoms with E-state index in [1.807, 2.05) is 42.2 Å². The molecule has 1 aliphatic heterocycles. The second kappa shape index (κ2) is 5.79. The maximum atomic E-state index is 12.7. The number of rotatable bonds is 3. The molecule has 1 aromatic carbocycles. The van der Waals surface area contributed by atoms with Crippen molar-refractivity contribution in [2.45, 2.75) is 13.1 Å². The van der Waals surface area contributed by atoms with E-state index in [2.05, 4.69) is 5.32 Å². The van der Waals surface area contributed by atoms with Crippen LogP contribution in [0.2, 0.25) is 0 Å². The molecule has 0 fully saturated rings. The first-order chi connectivity index (χ1) is 11.0. The first kappa shape index (κ1) is 15.1. The molecule has 1 atom stereocenters. The van der Waals surface area contributed by atoms with Crippen LogP contribution >= 0.6 is 0 Å². The Kier molecular flexibility index (Phi) is 3.82. The first-order valence-corrected chi connectivity index (χ1v) is 7.42. The van der Waals surface area contributed by atoms with E-state index in [9.17, 15) is 9.59 Å². The fourth-order valence-electron chi connectivity index (χ4n) is 2.89. The molecule has 2 aromatic rings. The molecule has 0 bridgehead atoms. The van der Waals surface area contributed by atoms with Crippen LogP contribution in [0.4, 0.5) is 5.69 Å². The van der Waals surface area contributed by atoms with Crippen molar-refractivity contribution in [1.82, 2.24) is 10.2 Å². The Morgan fingerprint density at radius 2 is 2.00 bits per heavy atom. The van der Waals surface area contributed by atoms with E-state index in [1.165, 1.54) is 0 Å². The van der Waals surface area contributed by atoms with Gasteiger partial charge in [0.1, 0.15) is 11.5 Å². The molecule has 0 unspecified atom stereocenters. The number of nitrogens with one attached hydrogen (secondary N) is 1. The van der Waals surface area contributed by atoms with Crippen LogP contribution in [0.1, 0.15) is 28.0 Å². The molecule has 0 saturated heterocycles. The lowest BCUT2D eigenvalue weighted by molar-refractivity contribution is -0.119. The first-order valence-electron chi connectivity index (χ1n) is 7.42. The molecule has 1 aromatic heterocycles. The molecule has 1 aliphatic rings. The quantitative estimate of drug-likeness (QED) is 0.940. The Balaban J connectivity index is 2.12. The van der Waals surface area contributed by atoms with E-state index in [0.29, 0.717) is 11.3 Å². The zero-order valence-electron chi connectivity index (χ0n) is 13.4. The van der Waals surface area contributed by atoms with E-state index in [-0.39, 0.29) is 18.4 Å². The van der Waals surface area contributed by atoms with E-state index < -0.39 is 6.17 Å². The van der Waals surface area contributed by atoms with Gasteiger partial charge in [-0.05, 0) is 31.2 Å². The van der Waals surface area contributed by atoms with E-state index in [4.69, 9.17) is 4.42 Å². The summed E-state index contributed by atoms with van der Waals surface area (Å²) in [5.41, 5.74) is 1.32. The molecule has 0 spiro atoms. The summed E-state index contributed by atoms with van der Waals surface area (Å²) in [5, 5.41) is 2.63. The normalized spacial score (nSPS) is 17.2. The molecule has 2 amide bonds. The van der Waals surface area contributed by atoms with Gasteiger partial charge in [0.25, 0.3) is 5.91 Å². The molecule has 0 radical (unpaired) electrons. The number of fused-ring (bicyclic) bond motifs is 1. The van der Waals surface area contributed by atoms with Gasteiger partial charge in [-0.2, -0.15) is 0 Å². The maximum absolute atomic E-state index is 12.7. The predicted molar refractivity (Wildman–Crippen MR) is 86.1 cm³/mol. The van der Waals surface area contributed by atoms with Gasteiger partial charge >= 0.3 is 0 Å². The largest absolute Gasteiger partial charge is 0.462 e. The number of anilines is 1. The number of nitrogens with zero attached hydrogens (tertiary/aromatic N) is 2. The van der Waals surface area contributed by atoms with Crippen LogP contribution in [0.15, 0.2) is 40.8 Å². The van der Waals surface area contributed by atoms with Gasteiger partial charge in [-0.1, -0.05) is 12.1 Å². The predicted octanol–water partition coefficient (Wildman–Crippen LogP) is 1.92. The topological polar surface area (TPSA) is 65.8 Å². The monoisotopic (exact) mass is 313 g/mol. The number of carbonyl (C=O) groups excluding carboxylic acids is 2. The summed E-state index contributed by atoms with van der Waals surface area (Å²) in [6.07, 6.45) is -0.455. The summed E-state index contributed by atoms with van der Waals surface area (Å²) in [7, 11) is 3.32. The number of carbonyl (C=O) groups is 2. The van der Waals surface area contributed by atoms with Crippen LogP contribution in [0.25, 0.3) is 0 Å². The van der Waals surface area contributed by atoms with Crippen molar-refractivity contribution in [3.63, 3.8) is 0 Å². The lowest BCUT2D eigenvalue weighted by Crippen LogP contribution is -2.50. The van der Waals surface area contributed by atoms with Crippen LogP contribution in [-0.4, -0.2) is 37.4 Å². The van der Waals surface area contributed by atoms with Crippen molar-refractivity contribution in [3.8, 4) is 0 Å². The average Bonchev–Trinajstić information content (AvgIpc) is 2.98. The number of likely N-dealkylation sites (N-methyl/N-ethyl adjacent to an activating group) is 1. The number of hydrogen-bond donors (Lipinski definition) is 1. The van der Waals surface area contributed by atoms with Gasteiger partial charge < -0.3 is 19.5 Å². The molecule has 3 rings (SSSR count). The number of aryl methyl sites for hydroxylation is 1. The Hall–Kier alpha value is -2.76. The number of amides is 2. The number of hydrogen-bond acceptors (Lipinski definition) is 4. The smallest absolute Gasteiger partial charge is 0.257 e. The fourth-order valence-corrected chi connectivity index (χ4v) is 2.89. The third-order valence-corrected chi connectivity index (χ3v) is 4.03. The molecule has 120 valence electrons. The second-order valence-corrected chi connectivity index (χ2v) is 5.56. The Morgan fingerprint density at radius 1 is 1.26 bits per heavy atom. The fraction of sp³-hybridized carbons (Fsp3) is 0.294. The van der Waals surface area contributed by atoms with Crippen molar-refractivity contribution in [2.24, 2.45) is 0 Å². The minimum absolute atomic E-state index is 0.0900. The van der Waals surface area contributed by atoms with Crippen LogP contribution < -0.4 is 10.2 Å². The number of furan rings is 1. The average molecular weight is 313 g/mol. The zero-order chi connectivity index (χ0) is 16.6. The summed E-state index contributed by atoms with van der Waals surface area (Å²) in [4.78, 5) is 28.1. The van der Waals surface area contributed by atoms with Crippen LogP contribution in [0.3, 0.4) is 0 Å². The highest BCUT2D eigenvalue weighted by Crippen LogP contribution is 2.38. The highest BCUT2D eigenvalue weighted by atomic mass is 16.3. The third-order valence-electron chi connectivity index (χ3n) is 4.03. The van der Waals surface area contributed by atoms with Crippen molar-refractivity contribution < 1.29 is 14.0 Å². The summed E-state index contributed by atoms with van der Waals surface area (Å²) in [6, 6.07) is 11.0. The molecule has 6 nitrogen and oxygen atoms in total. The maximum Gasteiger partial charge on any atom is 0.257 e. The van der Waals surface area contributed by atoms with Crippen LogP contribution in [0, 0.1) is 6.92 Å². The van der Waals surface area contributed by atoms with Gasteiger partial charge in [-0.25, -0.2) is 0 Å². The Bertz CT molecular complexity index is 753. The lowest BCUT2D eigenvalue weighted by Gasteiger charge is -2.42. The number of benzene rings is 1. The third kappa shape index (κ3) is 2.56. The van der Waals surface area contributed by atoms with Gasteiger partial charge in [-0.15, -0.1) is 0 Å². The van der Waals surface area contributed by atoms with Crippen molar-refractivity contribution in [2.75, 3.05) is 25.5 Å². The van der Waals surface area contributed by atoms with Crippen molar-refractivity contribution in [3.05, 3.63) is 53.5 Å². The highest BCUT2D eigenvalue weighted by molar-refractivity contribution is 6.02.